The summed E-state index contributed by atoms with van der Waals surface area (Å²) in [6.45, 7) is 1.82. The molecule has 8 heteroatoms. The Kier molecular flexibility index (Phi) is 4.41. The lowest BCUT2D eigenvalue weighted by molar-refractivity contribution is 0.0948. The highest BCUT2D eigenvalue weighted by molar-refractivity contribution is 7.84. The molecule has 19 heavy (non-hydrogen) atoms. The molecule has 1 heterocycles. The maximum absolute atomic E-state index is 12.0. The summed E-state index contributed by atoms with van der Waals surface area (Å²) < 4.78 is 11.1. The second-order valence-electron chi connectivity index (χ2n) is 4.77. The summed E-state index contributed by atoms with van der Waals surface area (Å²) >= 11 is 1.26. The first-order valence-electron chi connectivity index (χ1n) is 6.09. The molecular formula is C11H18N4O2S2. The van der Waals surface area contributed by atoms with Crippen LogP contribution in [0.2, 0.25) is 0 Å². The van der Waals surface area contributed by atoms with Crippen LogP contribution in [0.1, 0.15) is 29.4 Å². The summed E-state index contributed by atoms with van der Waals surface area (Å²) in [5.41, 5.74) is 5.75. The van der Waals surface area contributed by atoms with Gasteiger partial charge in [-0.15, -0.1) is 0 Å². The molecule has 0 spiro atoms. The molecule has 2 rings (SSSR count). The molecule has 0 bridgehead atoms. The Morgan fingerprint density at radius 2 is 2.32 bits per heavy atom. The normalized spacial score (nSPS) is 17.8. The van der Waals surface area contributed by atoms with E-state index >= 15 is 0 Å². The number of hydrogen-bond donors (Lipinski definition) is 3. The van der Waals surface area contributed by atoms with Gasteiger partial charge in [0.15, 0.2) is 5.13 Å². The summed E-state index contributed by atoms with van der Waals surface area (Å²) in [6, 6.07) is 0.322. The van der Waals surface area contributed by atoms with E-state index in [-0.39, 0.29) is 17.8 Å². The van der Waals surface area contributed by atoms with Crippen molar-refractivity contribution in [1.82, 2.24) is 10.3 Å². The maximum Gasteiger partial charge on any atom is 0.265 e. The summed E-state index contributed by atoms with van der Waals surface area (Å²) in [7, 11) is -0.939. The van der Waals surface area contributed by atoms with Crippen molar-refractivity contribution < 1.29 is 9.00 Å². The van der Waals surface area contributed by atoms with Gasteiger partial charge in [0.25, 0.3) is 5.91 Å². The van der Waals surface area contributed by atoms with Crippen LogP contribution in [-0.2, 0) is 10.8 Å². The van der Waals surface area contributed by atoms with Gasteiger partial charge >= 0.3 is 0 Å². The molecule has 0 saturated heterocycles. The number of thiazole rings is 1. The molecule has 1 aliphatic carbocycles. The fraction of sp³-hybridized carbons (Fsp3) is 0.636. The van der Waals surface area contributed by atoms with Crippen molar-refractivity contribution in [3.8, 4) is 0 Å². The highest BCUT2D eigenvalue weighted by atomic mass is 32.2. The van der Waals surface area contributed by atoms with Gasteiger partial charge in [0.1, 0.15) is 10.7 Å². The maximum atomic E-state index is 12.0. The van der Waals surface area contributed by atoms with Gasteiger partial charge in [-0.3, -0.25) is 9.00 Å². The van der Waals surface area contributed by atoms with E-state index in [9.17, 15) is 9.00 Å². The fourth-order valence-electron chi connectivity index (χ4n) is 1.64. The third kappa shape index (κ3) is 4.17. The van der Waals surface area contributed by atoms with Crippen LogP contribution in [0.3, 0.4) is 0 Å². The average Bonchev–Trinajstić information content (AvgIpc) is 3.00. The van der Waals surface area contributed by atoms with Crippen LogP contribution in [0.15, 0.2) is 0 Å². The minimum Gasteiger partial charge on any atom is -0.382 e. The molecular weight excluding hydrogens is 284 g/mol. The second-order valence-corrected chi connectivity index (χ2v) is 7.25. The number of rotatable bonds is 6. The zero-order valence-electron chi connectivity index (χ0n) is 10.9. The smallest absolute Gasteiger partial charge is 0.265 e. The number of aromatic nitrogens is 1. The standard InChI is InChI=1S/C11H18N4O2S2/c1-6(5-19(2)17)13-10(16)8-9(12)15-11(18-8)14-7-3-4-7/h6-7H,3-5,12H2,1-2H3,(H,13,16)(H,14,15). The minimum absolute atomic E-state index is 0.153. The Hall–Kier alpha value is -1.15. The van der Waals surface area contributed by atoms with Gasteiger partial charge in [-0.1, -0.05) is 11.3 Å². The first-order chi connectivity index (χ1) is 8.95. The predicted molar refractivity (Wildman–Crippen MR) is 79.0 cm³/mol. The van der Waals surface area contributed by atoms with E-state index in [0.29, 0.717) is 21.8 Å². The lowest BCUT2D eigenvalue weighted by Gasteiger charge is -2.11. The van der Waals surface area contributed by atoms with E-state index in [1.54, 1.807) is 6.26 Å². The molecule has 1 aromatic heterocycles. The van der Waals surface area contributed by atoms with Gasteiger partial charge in [-0.05, 0) is 19.8 Å². The number of anilines is 2. The summed E-state index contributed by atoms with van der Waals surface area (Å²) in [5.74, 6) is 0.421. The molecule has 0 aliphatic heterocycles. The van der Waals surface area contributed by atoms with Crippen molar-refractivity contribution in [2.45, 2.75) is 31.8 Å². The van der Waals surface area contributed by atoms with Crippen LogP contribution in [-0.4, -0.2) is 39.2 Å². The van der Waals surface area contributed by atoms with E-state index in [2.05, 4.69) is 15.6 Å². The van der Waals surface area contributed by atoms with Crippen molar-refractivity contribution in [2.24, 2.45) is 0 Å². The van der Waals surface area contributed by atoms with Crippen LogP contribution in [0.5, 0.6) is 0 Å². The van der Waals surface area contributed by atoms with E-state index in [1.807, 2.05) is 6.92 Å². The molecule has 4 N–H and O–H groups in total. The fourth-order valence-corrected chi connectivity index (χ4v) is 3.29. The highest BCUT2D eigenvalue weighted by Gasteiger charge is 2.24. The lowest BCUT2D eigenvalue weighted by atomic mass is 10.3. The molecule has 1 aromatic rings. The quantitative estimate of drug-likeness (QED) is 0.722. The molecule has 1 fully saturated rings. The van der Waals surface area contributed by atoms with Gasteiger partial charge in [0, 0.05) is 34.9 Å². The largest absolute Gasteiger partial charge is 0.382 e. The van der Waals surface area contributed by atoms with Gasteiger partial charge < -0.3 is 16.4 Å². The van der Waals surface area contributed by atoms with Crippen LogP contribution in [0.4, 0.5) is 10.9 Å². The molecule has 106 valence electrons. The number of nitrogen functional groups attached to an aromatic ring is 1. The zero-order valence-corrected chi connectivity index (χ0v) is 12.6. The van der Waals surface area contributed by atoms with Crippen molar-refractivity contribution in [2.75, 3.05) is 23.1 Å². The molecule has 0 radical (unpaired) electrons. The average molecular weight is 302 g/mol. The van der Waals surface area contributed by atoms with E-state index in [0.717, 1.165) is 12.8 Å². The van der Waals surface area contributed by atoms with Gasteiger partial charge in [0.2, 0.25) is 0 Å². The number of nitrogens with two attached hydrogens (primary N) is 1. The molecule has 1 amide bonds. The Morgan fingerprint density at radius 1 is 1.63 bits per heavy atom. The van der Waals surface area contributed by atoms with Crippen molar-refractivity contribution in [1.29, 1.82) is 0 Å². The summed E-state index contributed by atoms with van der Waals surface area (Å²) in [5, 5.41) is 6.69. The highest BCUT2D eigenvalue weighted by Crippen LogP contribution is 2.30. The molecule has 1 saturated carbocycles. The Balaban J connectivity index is 1.97. The number of nitrogens with zero attached hydrogens (tertiary/aromatic N) is 1. The number of carbonyl (C=O) groups excluding carboxylic acids is 1. The second kappa shape index (κ2) is 5.87. The van der Waals surface area contributed by atoms with Crippen LogP contribution in [0.25, 0.3) is 0 Å². The predicted octanol–water partition coefficient (Wildman–Crippen LogP) is 0.796. The lowest BCUT2D eigenvalue weighted by Crippen LogP contribution is -2.36. The SMILES string of the molecule is CC(CS(C)=O)NC(=O)c1sc(NC2CC2)nc1N. The number of carbonyl (C=O) groups is 1. The molecule has 6 nitrogen and oxygen atoms in total. The minimum atomic E-state index is -0.939. The third-order valence-electron chi connectivity index (χ3n) is 2.63. The first kappa shape index (κ1) is 14.3. The first-order valence-corrected chi connectivity index (χ1v) is 8.63. The monoisotopic (exact) mass is 302 g/mol. The number of nitrogens with one attached hydrogen (secondary N) is 2. The number of hydrogen-bond acceptors (Lipinski definition) is 6. The van der Waals surface area contributed by atoms with Crippen molar-refractivity contribution >= 4 is 39.0 Å². The number of amides is 1. The van der Waals surface area contributed by atoms with E-state index in [1.165, 1.54) is 11.3 Å². The van der Waals surface area contributed by atoms with Crippen molar-refractivity contribution in [3.05, 3.63) is 4.88 Å². The van der Waals surface area contributed by atoms with Gasteiger partial charge in [-0.25, -0.2) is 4.98 Å². The Labute approximate surface area is 118 Å². The third-order valence-corrected chi connectivity index (χ3v) is 4.60. The molecule has 2 unspecified atom stereocenters. The van der Waals surface area contributed by atoms with E-state index < -0.39 is 10.8 Å². The van der Waals surface area contributed by atoms with Gasteiger partial charge in [-0.2, -0.15) is 0 Å². The van der Waals surface area contributed by atoms with Crippen LogP contribution >= 0.6 is 11.3 Å². The van der Waals surface area contributed by atoms with E-state index in [4.69, 9.17) is 5.73 Å². The molecule has 2 atom stereocenters. The van der Waals surface area contributed by atoms with Crippen LogP contribution in [0, 0.1) is 0 Å². The van der Waals surface area contributed by atoms with Crippen LogP contribution < -0.4 is 16.4 Å². The van der Waals surface area contributed by atoms with Crippen molar-refractivity contribution in [3.63, 3.8) is 0 Å². The Morgan fingerprint density at radius 3 is 2.89 bits per heavy atom. The van der Waals surface area contributed by atoms with Gasteiger partial charge in [0.05, 0.1) is 0 Å². The molecule has 0 aromatic carbocycles. The summed E-state index contributed by atoms with van der Waals surface area (Å²) in [4.78, 5) is 16.6. The molecule has 1 aliphatic rings. The Bertz CT molecular complexity index is 499. The zero-order chi connectivity index (χ0) is 14.0. The summed E-state index contributed by atoms with van der Waals surface area (Å²) in [6.07, 6.45) is 3.89. The topological polar surface area (TPSA) is 97.1 Å².